The summed E-state index contributed by atoms with van der Waals surface area (Å²) in [5.74, 6) is 2.20. The average molecular weight is 336 g/mol. The third kappa shape index (κ3) is 2.76. The van der Waals surface area contributed by atoms with Crippen molar-refractivity contribution in [3.63, 3.8) is 0 Å². The molecule has 0 amide bonds. The van der Waals surface area contributed by atoms with Gasteiger partial charge in [0.2, 0.25) is 0 Å². The van der Waals surface area contributed by atoms with Crippen LogP contribution in [0.25, 0.3) is 10.2 Å². The molecule has 1 atom stereocenters. The Balaban J connectivity index is 1.44. The highest BCUT2D eigenvalue weighted by Crippen LogP contribution is 2.30. The van der Waals surface area contributed by atoms with Crippen LogP contribution in [0.4, 0.5) is 11.6 Å². The summed E-state index contributed by atoms with van der Waals surface area (Å²) >= 11 is 1.64. The molecule has 4 rings (SSSR count). The number of rotatable bonds is 4. The Hall–Kier alpha value is -2.72. The highest BCUT2D eigenvalue weighted by Gasteiger charge is 2.25. The number of nitriles is 1. The molecular weight excluding hydrogens is 320 g/mol. The lowest BCUT2D eigenvalue weighted by Gasteiger charge is -2.18. The molecule has 3 aromatic rings. The Kier molecular flexibility index (Phi) is 3.97. The molecule has 3 aromatic heterocycles. The van der Waals surface area contributed by atoms with E-state index >= 15 is 0 Å². The van der Waals surface area contributed by atoms with Crippen LogP contribution in [0.3, 0.4) is 0 Å². The fourth-order valence-corrected chi connectivity index (χ4v) is 3.83. The lowest BCUT2D eigenvalue weighted by Crippen LogP contribution is -2.23. The minimum Gasteiger partial charge on any atom is -0.369 e. The molecule has 7 heteroatoms. The SMILES string of the molecule is N#Cc1cccnc1NCC1CCN(c2ncnc3sccc23)C1. The minimum absolute atomic E-state index is 0.502. The van der Waals surface area contributed by atoms with Crippen molar-refractivity contribution < 1.29 is 0 Å². The molecule has 0 aliphatic carbocycles. The minimum atomic E-state index is 0.502. The highest BCUT2D eigenvalue weighted by molar-refractivity contribution is 7.16. The van der Waals surface area contributed by atoms with Gasteiger partial charge in [-0.25, -0.2) is 15.0 Å². The fraction of sp³-hybridized carbons (Fsp3) is 0.294. The van der Waals surface area contributed by atoms with Gasteiger partial charge in [-0.1, -0.05) is 0 Å². The van der Waals surface area contributed by atoms with E-state index in [1.807, 2.05) is 0 Å². The van der Waals surface area contributed by atoms with Crippen LogP contribution in [0.1, 0.15) is 12.0 Å². The molecule has 0 aromatic carbocycles. The summed E-state index contributed by atoms with van der Waals surface area (Å²) in [6.07, 6.45) is 4.45. The Labute approximate surface area is 143 Å². The smallest absolute Gasteiger partial charge is 0.143 e. The summed E-state index contributed by atoms with van der Waals surface area (Å²) in [7, 11) is 0. The van der Waals surface area contributed by atoms with Crippen LogP contribution in [0.5, 0.6) is 0 Å². The quantitative estimate of drug-likeness (QED) is 0.789. The summed E-state index contributed by atoms with van der Waals surface area (Å²) in [6.45, 7) is 2.74. The summed E-state index contributed by atoms with van der Waals surface area (Å²) in [5.41, 5.74) is 0.586. The van der Waals surface area contributed by atoms with E-state index in [2.05, 4.69) is 42.7 Å². The lowest BCUT2D eigenvalue weighted by molar-refractivity contribution is 0.621. The topological polar surface area (TPSA) is 77.7 Å². The molecular formula is C17H16N6S. The zero-order valence-corrected chi connectivity index (χ0v) is 13.8. The number of nitrogens with zero attached hydrogens (tertiary/aromatic N) is 5. The molecule has 0 bridgehead atoms. The van der Waals surface area contributed by atoms with Gasteiger partial charge in [-0.15, -0.1) is 11.3 Å². The molecule has 1 aliphatic heterocycles. The van der Waals surface area contributed by atoms with Crippen LogP contribution in [-0.2, 0) is 0 Å². The number of thiophene rings is 1. The zero-order valence-electron chi connectivity index (χ0n) is 13.0. The summed E-state index contributed by atoms with van der Waals surface area (Å²) in [5, 5.41) is 15.6. The number of pyridine rings is 1. The molecule has 0 spiro atoms. The van der Waals surface area contributed by atoms with Crippen LogP contribution in [0, 0.1) is 17.2 Å². The molecule has 0 saturated carbocycles. The highest BCUT2D eigenvalue weighted by atomic mass is 32.1. The van der Waals surface area contributed by atoms with Crippen molar-refractivity contribution in [2.24, 2.45) is 5.92 Å². The van der Waals surface area contributed by atoms with E-state index < -0.39 is 0 Å². The molecule has 24 heavy (non-hydrogen) atoms. The second-order valence-electron chi connectivity index (χ2n) is 5.83. The van der Waals surface area contributed by atoms with Gasteiger partial charge in [0.05, 0.1) is 10.9 Å². The number of anilines is 2. The van der Waals surface area contributed by atoms with Crippen LogP contribution in [-0.4, -0.2) is 34.6 Å². The first-order valence-electron chi connectivity index (χ1n) is 7.87. The molecule has 4 heterocycles. The molecule has 120 valence electrons. The third-order valence-corrected chi connectivity index (χ3v) is 5.13. The second-order valence-corrected chi connectivity index (χ2v) is 6.72. The number of hydrogen-bond donors (Lipinski definition) is 1. The molecule has 6 nitrogen and oxygen atoms in total. The summed E-state index contributed by atoms with van der Waals surface area (Å²) < 4.78 is 0. The monoisotopic (exact) mass is 336 g/mol. The van der Waals surface area contributed by atoms with E-state index in [0.29, 0.717) is 17.3 Å². The van der Waals surface area contributed by atoms with Crippen molar-refractivity contribution >= 4 is 33.2 Å². The standard InChI is InChI=1S/C17H16N6S/c18-8-13-2-1-5-19-15(13)20-9-12-3-6-23(10-12)16-14-4-7-24-17(14)22-11-21-16/h1-2,4-5,7,11-12H,3,6,9-10H2,(H,19,20). The summed E-state index contributed by atoms with van der Waals surface area (Å²) in [6, 6.07) is 7.83. The van der Waals surface area contributed by atoms with E-state index in [1.54, 1.807) is 36.0 Å². The first kappa shape index (κ1) is 14.8. The van der Waals surface area contributed by atoms with Gasteiger partial charge in [0.25, 0.3) is 0 Å². The first-order chi connectivity index (χ1) is 11.8. The van der Waals surface area contributed by atoms with Crippen molar-refractivity contribution in [2.45, 2.75) is 6.42 Å². The average Bonchev–Trinajstić information content (AvgIpc) is 3.29. The maximum atomic E-state index is 9.13. The van der Waals surface area contributed by atoms with E-state index in [1.165, 1.54) is 0 Å². The third-order valence-electron chi connectivity index (χ3n) is 4.31. The second kappa shape index (κ2) is 6.42. The van der Waals surface area contributed by atoms with Gasteiger partial charge < -0.3 is 10.2 Å². The van der Waals surface area contributed by atoms with Crippen LogP contribution in [0.2, 0.25) is 0 Å². The number of hydrogen-bond acceptors (Lipinski definition) is 7. The van der Waals surface area contributed by atoms with Gasteiger partial charge in [-0.05, 0) is 35.9 Å². The number of nitrogens with one attached hydrogen (secondary N) is 1. The van der Waals surface area contributed by atoms with Gasteiger partial charge in [-0.2, -0.15) is 5.26 Å². The van der Waals surface area contributed by atoms with Crippen molar-refractivity contribution in [1.29, 1.82) is 5.26 Å². The molecule has 1 unspecified atom stereocenters. The Morgan fingerprint density at radius 2 is 2.29 bits per heavy atom. The predicted octanol–water partition coefficient (Wildman–Crippen LogP) is 2.90. The van der Waals surface area contributed by atoms with Crippen molar-refractivity contribution in [1.82, 2.24) is 15.0 Å². The van der Waals surface area contributed by atoms with E-state index in [0.717, 1.165) is 42.1 Å². The van der Waals surface area contributed by atoms with Gasteiger partial charge in [0.15, 0.2) is 0 Å². The normalized spacial score (nSPS) is 17.1. The van der Waals surface area contributed by atoms with Gasteiger partial charge in [0.1, 0.15) is 28.9 Å². The molecule has 1 N–H and O–H groups in total. The molecule has 0 radical (unpaired) electrons. The van der Waals surface area contributed by atoms with E-state index in [4.69, 9.17) is 5.26 Å². The zero-order chi connectivity index (χ0) is 16.4. The van der Waals surface area contributed by atoms with Crippen LogP contribution < -0.4 is 10.2 Å². The molecule has 1 fully saturated rings. The summed E-state index contributed by atoms with van der Waals surface area (Å²) in [4.78, 5) is 16.4. The predicted molar refractivity (Wildman–Crippen MR) is 95.2 cm³/mol. The fourth-order valence-electron chi connectivity index (χ4n) is 3.10. The molecule has 1 aliphatic rings. The largest absolute Gasteiger partial charge is 0.369 e. The van der Waals surface area contributed by atoms with Gasteiger partial charge in [0, 0.05) is 25.8 Å². The van der Waals surface area contributed by atoms with Gasteiger partial charge >= 0.3 is 0 Å². The van der Waals surface area contributed by atoms with Crippen LogP contribution in [0.15, 0.2) is 36.1 Å². The lowest BCUT2D eigenvalue weighted by atomic mass is 10.1. The maximum Gasteiger partial charge on any atom is 0.143 e. The van der Waals surface area contributed by atoms with E-state index in [-0.39, 0.29) is 0 Å². The first-order valence-corrected chi connectivity index (χ1v) is 8.75. The van der Waals surface area contributed by atoms with Crippen molar-refractivity contribution in [3.05, 3.63) is 41.7 Å². The van der Waals surface area contributed by atoms with E-state index in [9.17, 15) is 0 Å². The number of aromatic nitrogens is 3. The Bertz CT molecular complexity index is 899. The van der Waals surface area contributed by atoms with Crippen molar-refractivity contribution in [2.75, 3.05) is 29.9 Å². The van der Waals surface area contributed by atoms with Crippen molar-refractivity contribution in [3.8, 4) is 6.07 Å². The van der Waals surface area contributed by atoms with Gasteiger partial charge in [-0.3, -0.25) is 0 Å². The Morgan fingerprint density at radius 1 is 1.33 bits per heavy atom. The number of fused-ring (bicyclic) bond motifs is 1. The Morgan fingerprint density at radius 3 is 3.21 bits per heavy atom. The van der Waals surface area contributed by atoms with Crippen LogP contribution >= 0.6 is 11.3 Å². The molecule has 1 saturated heterocycles. The maximum absolute atomic E-state index is 9.13.